The van der Waals surface area contributed by atoms with E-state index in [4.69, 9.17) is 9.47 Å². The van der Waals surface area contributed by atoms with Crippen LogP contribution in [0.4, 0.5) is 0 Å². The van der Waals surface area contributed by atoms with Gasteiger partial charge in [0.1, 0.15) is 0 Å². The van der Waals surface area contributed by atoms with Crippen LogP contribution in [-0.4, -0.2) is 44.3 Å². The predicted molar refractivity (Wildman–Crippen MR) is 117 cm³/mol. The highest BCUT2D eigenvalue weighted by molar-refractivity contribution is 14.1. The molecule has 1 aromatic carbocycles. The molecule has 1 aromatic rings. The maximum absolute atomic E-state index is 5.94. The lowest BCUT2D eigenvalue weighted by Gasteiger charge is -2.18. The van der Waals surface area contributed by atoms with Crippen LogP contribution in [0.2, 0.25) is 0 Å². The van der Waals surface area contributed by atoms with E-state index in [0.717, 1.165) is 67.2 Å². The van der Waals surface area contributed by atoms with Crippen molar-refractivity contribution in [2.24, 2.45) is 0 Å². The molecule has 0 aliphatic carbocycles. The van der Waals surface area contributed by atoms with Crippen molar-refractivity contribution in [2.75, 3.05) is 39.4 Å². The molecule has 0 aliphatic rings. The number of hydrogen-bond donors (Lipinski definition) is 1. The van der Waals surface area contributed by atoms with Crippen molar-refractivity contribution in [3.63, 3.8) is 0 Å². The van der Waals surface area contributed by atoms with Crippen molar-refractivity contribution in [3.05, 3.63) is 21.3 Å². The van der Waals surface area contributed by atoms with Gasteiger partial charge in [0.05, 0.1) is 16.8 Å². The Morgan fingerprint density at radius 3 is 2.40 bits per heavy atom. The zero-order valence-electron chi connectivity index (χ0n) is 16.1. The van der Waals surface area contributed by atoms with E-state index in [-0.39, 0.29) is 12.4 Å². The summed E-state index contributed by atoms with van der Waals surface area (Å²) < 4.78 is 12.9. The molecule has 0 radical (unpaired) electrons. The third-order valence-corrected chi connectivity index (χ3v) is 4.74. The molecule has 0 aromatic heterocycles. The fourth-order valence-electron chi connectivity index (χ4n) is 2.45. The lowest BCUT2D eigenvalue weighted by molar-refractivity contribution is 0.270. The number of ether oxygens (including phenoxy) is 2. The van der Waals surface area contributed by atoms with E-state index in [0.29, 0.717) is 6.61 Å². The molecular weight excluding hydrogens is 451 g/mol. The molecule has 25 heavy (non-hydrogen) atoms. The number of rotatable bonds is 13. The molecular formula is C19H34ClIN2O2. The zero-order valence-corrected chi connectivity index (χ0v) is 19.0. The SMILES string of the molecule is CCCCOc1c(I)cc(CNCCN(CC)CC)cc1OCC.Cl. The zero-order chi connectivity index (χ0) is 17.8. The molecule has 0 unspecified atom stereocenters. The van der Waals surface area contributed by atoms with E-state index < -0.39 is 0 Å². The molecule has 146 valence electrons. The average Bonchev–Trinajstić information content (AvgIpc) is 2.57. The summed E-state index contributed by atoms with van der Waals surface area (Å²) >= 11 is 2.35. The van der Waals surface area contributed by atoms with Crippen LogP contribution in [0.3, 0.4) is 0 Å². The first-order chi connectivity index (χ1) is 11.7. The van der Waals surface area contributed by atoms with Gasteiger partial charge < -0.3 is 19.7 Å². The van der Waals surface area contributed by atoms with Gasteiger partial charge in [-0.3, -0.25) is 0 Å². The molecule has 6 heteroatoms. The van der Waals surface area contributed by atoms with E-state index in [1.807, 2.05) is 6.92 Å². The largest absolute Gasteiger partial charge is 0.490 e. The first kappa shape index (κ1) is 24.8. The van der Waals surface area contributed by atoms with E-state index in [9.17, 15) is 0 Å². The van der Waals surface area contributed by atoms with Crippen LogP contribution in [-0.2, 0) is 6.54 Å². The smallest absolute Gasteiger partial charge is 0.174 e. The number of benzene rings is 1. The summed E-state index contributed by atoms with van der Waals surface area (Å²) in [5, 5.41) is 3.53. The number of hydrogen-bond acceptors (Lipinski definition) is 4. The van der Waals surface area contributed by atoms with E-state index in [1.54, 1.807) is 0 Å². The first-order valence-electron chi connectivity index (χ1n) is 9.17. The van der Waals surface area contributed by atoms with E-state index in [1.165, 1.54) is 5.56 Å². The molecule has 0 aliphatic heterocycles. The van der Waals surface area contributed by atoms with Crippen LogP contribution in [0.15, 0.2) is 12.1 Å². The molecule has 0 atom stereocenters. The van der Waals surface area contributed by atoms with Gasteiger partial charge in [0.25, 0.3) is 0 Å². The normalized spacial score (nSPS) is 10.6. The van der Waals surface area contributed by atoms with Gasteiger partial charge in [-0.2, -0.15) is 0 Å². The number of halogens is 2. The topological polar surface area (TPSA) is 33.7 Å². The van der Waals surface area contributed by atoms with E-state index >= 15 is 0 Å². The Morgan fingerprint density at radius 2 is 1.80 bits per heavy atom. The van der Waals surface area contributed by atoms with Gasteiger partial charge in [0.15, 0.2) is 11.5 Å². The second kappa shape index (κ2) is 14.9. The van der Waals surface area contributed by atoms with Gasteiger partial charge in [0, 0.05) is 19.6 Å². The Morgan fingerprint density at radius 1 is 1.08 bits per heavy atom. The Balaban J connectivity index is 0.00000576. The number of unbranched alkanes of at least 4 members (excludes halogenated alkanes) is 1. The number of nitrogens with zero attached hydrogens (tertiary/aromatic N) is 1. The Kier molecular flexibility index (Phi) is 14.7. The molecule has 1 rings (SSSR count). The molecule has 0 amide bonds. The van der Waals surface area contributed by atoms with Crippen LogP contribution in [0.1, 0.15) is 46.1 Å². The third kappa shape index (κ3) is 9.31. The molecule has 0 saturated heterocycles. The summed E-state index contributed by atoms with van der Waals surface area (Å²) in [6.07, 6.45) is 2.20. The fourth-order valence-corrected chi connectivity index (χ4v) is 3.28. The third-order valence-electron chi connectivity index (χ3n) is 3.94. The van der Waals surface area contributed by atoms with Crippen molar-refractivity contribution in [1.82, 2.24) is 10.2 Å². The summed E-state index contributed by atoms with van der Waals surface area (Å²) in [7, 11) is 0. The van der Waals surface area contributed by atoms with Gasteiger partial charge in [-0.15, -0.1) is 12.4 Å². The minimum Gasteiger partial charge on any atom is -0.490 e. The lowest BCUT2D eigenvalue weighted by Crippen LogP contribution is -2.31. The van der Waals surface area contributed by atoms with Gasteiger partial charge >= 0.3 is 0 Å². The highest BCUT2D eigenvalue weighted by Crippen LogP contribution is 2.34. The average molecular weight is 485 g/mol. The van der Waals surface area contributed by atoms with Crippen molar-refractivity contribution in [3.8, 4) is 11.5 Å². The number of nitrogens with one attached hydrogen (secondary N) is 1. The fraction of sp³-hybridized carbons (Fsp3) is 0.684. The Bertz CT molecular complexity index is 471. The Labute approximate surface area is 173 Å². The summed E-state index contributed by atoms with van der Waals surface area (Å²) in [4.78, 5) is 2.42. The van der Waals surface area contributed by atoms with Gasteiger partial charge in [-0.05, 0) is 66.7 Å². The molecule has 0 bridgehead atoms. The summed E-state index contributed by atoms with van der Waals surface area (Å²) in [6, 6.07) is 4.30. The summed E-state index contributed by atoms with van der Waals surface area (Å²) in [6.45, 7) is 15.1. The maximum Gasteiger partial charge on any atom is 0.174 e. The second-order valence-corrected chi connectivity index (χ2v) is 6.91. The highest BCUT2D eigenvalue weighted by atomic mass is 127. The molecule has 0 spiro atoms. The van der Waals surface area contributed by atoms with Crippen molar-refractivity contribution in [2.45, 2.75) is 47.1 Å². The molecule has 0 saturated carbocycles. The second-order valence-electron chi connectivity index (χ2n) is 5.74. The van der Waals surface area contributed by atoms with Gasteiger partial charge in [-0.1, -0.05) is 27.2 Å². The molecule has 0 fully saturated rings. The standard InChI is InChI=1S/C19H33IN2O2.ClH/c1-5-9-12-24-19-17(20)13-16(14-18(19)23-8-4)15-21-10-11-22(6-2)7-3;/h13-14,21H,5-12,15H2,1-4H3;1H. The van der Waals surface area contributed by atoms with Crippen LogP contribution in [0.25, 0.3) is 0 Å². The van der Waals surface area contributed by atoms with E-state index in [2.05, 4.69) is 65.7 Å². The minimum absolute atomic E-state index is 0. The Hall–Kier alpha value is -0.240. The van der Waals surface area contributed by atoms with Crippen LogP contribution < -0.4 is 14.8 Å². The van der Waals surface area contributed by atoms with Crippen LogP contribution in [0, 0.1) is 3.57 Å². The monoisotopic (exact) mass is 484 g/mol. The summed E-state index contributed by atoms with van der Waals surface area (Å²) in [5.41, 5.74) is 1.24. The molecule has 0 heterocycles. The van der Waals surface area contributed by atoms with Crippen LogP contribution in [0.5, 0.6) is 11.5 Å². The van der Waals surface area contributed by atoms with Crippen molar-refractivity contribution in [1.29, 1.82) is 0 Å². The minimum atomic E-state index is 0. The first-order valence-corrected chi connectivity index (χ1v) is 10.2. The quantitative estimate of drug-likeness (QED) is 0.324. The summed E-state index contributed by atoms with van der Waals surface area (Å²) in [5.74, 6) is 1.75. The number of likely N-dealkylation sites (N-methyl/N-ethyl adjacent to an activating group) is 1. The highest BCUT2D eigenvalue weighted by Gasteiger charge is 2.12. The maximum atomic E-state index is 5.94. The van der Waals surface area contributed by atoms with Gasteiger partial charge in [0.2, 0.25) is 0 Å². The molecule has 1 N–H and O–H groups in total. The lowest BCUT2D eigenvalue weighted by atomic mass is 10.2. The van der Waals surface area contributed by atoms with Gasteiger partial charge in [-0.25, -0.2) is 0 Å². The molecule has 4 nitrogen and oxygen atoms in total. The predicted octanol–water partition coefficient (Wildman–Crippen LogP) is 4.72. The van der Waals surface area contributed by atoms with Crippen molar-refractivity contribution < 1.29 is 9.47 Å². The van der Waals surface area contributed by atoms with Crippen LogP contribution >= 0.6 is 35.0 Å². The van der Waals surface area contributed by atoms with Crippen molar-refractivity contribution >= 4 is 35.0 Å².